The molecule has 0 aromatic rings. The molecular formula is HKMo12O40P-. The van der Waals surface area contributed by atoms with Crippen LogP contribution in [0.5, 0.6) is 0 Å². The Bertz CT molecular complexity index is 2520. The van der Waals surface area contributed by atoms with Crippen LogP contribution in [-0.4, -0.2) is 0 Å². The van der Waals surface area contributed by atoms with Gasteiger partial charge in [0, 0.05) is 0 Å². The zero-order valence-corrected chi connectivity index (χ0v) is 50.8. The molecule has 40 nitrogen and oxygen atoms in total. The summed E-state index contributed by atoms with van der Waals surface area (Å²) in [5.41, 5.74) is 0. The van der Waals surface area contributed by atoms with Crippen molar-refractivity contribution in [2.24, 2.45) is 0 Å². The van der Waals surface area contributed by atoms with Gasteiger partial charge in [-0.3, -0.25) is 0 Å². The van der Waals surface area contributed by atoms with E-state index in [1.54, 1.807) is 0 Å². The third-order valence-electron chi connectivity index (χ3n) is 2.05. The molecule has 0 rings (SSSR count). The van der Waals surface area contributed by atoms with Crippen molar-refractivity contribution in [2.75, 3.05) is 0 Å². The molecule has 0 aliphatic carbocycles. The average Bonchev–Trinajstić information content (AvgIpc) is 2.58. The van der Waals surface area contributed by atoms with Crippen LogP contribution in [0.4, 0.5) is 0 Å². The molecule has 0 spiro atoms. The van der Waals surface area contributed by atoms with Crippen LogP contribution in [0.15, 0.2) is 0 Å². The fourth-order valence-corrected chi connectivity index (χ4v) is 60.0. The molecule has 0 heterocycles. The standard InChI is InChI=1S/K.12Mo.H3O4P.36O/c;;;;;;;;;;;;;1-5(2,3)4;;;;;;;;;;;;;;;;;;;;;;;;;;;;;;;;;;;;/h;;;;;;;;;;;;;(H3,1,2,3,4);;;;;;;;;;;;;;;;;;;;;;;;;;;;;;;;;;;;/q+1;;;;;;;;;;3*+1;;;;;;;;;;;;;;;;;;;;;;;;;;;;;;;;;;;3*-1/p-2. The summed E-state index contributed by atoms with van der Waals surface area (Å²) in [4.78, 5) is 0. The van der Waals surface area contributed by atoms with Crippen LogP contribution < -0.4 is 62.7 Å². The Morgan fingerprint density at radius 1 is 0.278 bits per heavy atom. The van der Waals surface area contributed by atoms with Crippen molar-refractivity contribution in [3.63, 3.8) is 0 Å². The van der Waals surface area contributed by atoms with Crippen molar-refractivity contribution < 1.29 is 379 Å². The summed E-state index contributed by atoms with van der Waals surface area (Å²) in [6.45, 7) is 0. The van der Waals surface area contributed by atoms with E-state index in [1.807, 2.05) is 0 Å². The molecule has 0 saturated heterocycles. The van der Waals surface area contributed by atoms with Gasteiger partial charge >= 0.3 is 387 Å². The minimum Gasteiger partial charge on any atom is 1.00 e. The third-order valence-corrected chi connectivity index (χ3v) is 62.2. The summed E-state index contributed by atoms with van der Waals surface area (Å²) in [5.74, 6) is 0. The van der Waals surface area contributed by atoms with Gasteiger partial charge in [-0.2, -0.15) is 0 Å². The molecule has 0 aromatic heterocycles. The predicted octanol–water partition coefficient (Wildman–Crippen LogP) is -9.41. The van der Waals surface area contributed by atoms with Crippen molar-refractivity contribution in [3.05, 3.63) is 0 Å². The number of rotatable bonds is 24. The second-order valence-corrected chi connectivity index (χ2v) is 55.7. The Morgan fingerprint density at radius 3 is 0.556 bits per heavy atom. The van der Waals surface area contributed by atoms with E-state index in [0.29, 0.717) is 0 Å². The van der Waals surface area contributed by atoms with E-state index < -0.39 is 209 Å². The van der Waals surface area contributed by atoms with Gasteiger partial charge in [-0.05, 0) is 0 Å². The third kappa shape index (κ3) is 29.9. The Hall–Kier alpha value is 4.73. The maximum Gasteiger partial charge on any atom is 1.00 e. The molecule has 0 bridgehead atoms. The smallest absolute Gasteiger partial charge is 1.00 e. The monoisotopic (exact) mass is 1890 g/mol. The van der Waals surface area contributed by atoms with Crippen LogP contribution in [0.3, 0.4) is 0 Å². The fraction of sp³-hybridized carbons (Fsp3) is 0. The molecular weight excluding hydrogens is 1860 g/mol. The van der Waals surface area contributed by atoms with Crippen LogP contribution in [-0.2, 0) is 315 Å². The van der Waals surface area contributed by atoms with Gasteiger partial charge < -0.3 is 0 Å². The van der Waals surface area contributed by atoms with Crippen molar-refractivity contribution in [1.29, 1.82) is 0 Å². The molecule has 0 amide bonds. The first-order valence-corrected chi connectivity index (χ1v) is 49.5. The number of hydrogen-bond acceptors (Lipinski definition) is 40. The van der Waals surface area contributed by atoms with Crippen molar-refractivity contribution in [2.45, 2.75) is 0 Å². The van der Waals surface area contributed by atoms with Gasteiger partial charge in [-0.25, -0.2) is 0 Å². The van der Waals surface area contributed by atoms with Crippen LogP contribution in [0.2, 0.25) is 0 Å². The van der Waals surface area contributed by atoms with Crippen LogP contribution >= 0.6 is 7.82 Å². The van der Waals surface area contributed by atoms with Gasteiger partial charge in [-0.15, -0.1) is 0 Å². The van der Waals surface area contributed by atoms with E-state index in [4.69, 9.17) is 0 Å². The molecule has 0 fully saturated rings. The molecule has 0 radical (unpaired) electrons. The normalized spacial score (nSPS) is 15.3. The van der Waals surface area contributed by atoms with E-state index >= 15 is 0 Å². The summed E-state index contributed by atoms with van der Waals surface area (Å²) < 4.78 is 351. The second-order valence-electron chi connectivity index (χ2n) is 6.18. The maximum absolute atomic E-state index is 12.7. The fourth-order valence-electron chi connectivity index (χ4n) is 1.40. The quantitative estimate of drug-likeness (QED) is 0.0640. The van der Waals surface area contributed by atoms with E-state index in [-0.39, 0.29) is 52.8 Å². The number of phosphoric acid groups is 1. The molecule has 54 heavy (non-hydrogen) atoms. The Morgan fingerprint density at radius 2 is 0.407 bits per heavy atom. The summed E-state index contributed by atoms with van der Waals surface area (Å²) in [7, 11) is -7.94. The minimum absolute atomic E-state index is 0. The van der Waals surface area contributed by atoms with Crippen LogP contribution in [0.1, 0.15) is 1.43 Å². The molecule has 0 unspecified atom stereocenters. The average molecular weight is 1860 g/mol. The van der Waals surface area contributed by atoms with Gasteiger partial charge in [0.25, 0.3) is 0 Å². The second kappa shape index (κ2) is 20.7. The Labute approximate surface area is 378 Å². The first kappa shape index (κ1) is 60.8. The molecule has 0 aliphatic heterocycles. The Kier molecular flexibility index (Phi) is 23.3. The van der Waals surface area contributed by atoms with Crippen LogP contribution in [0.25, 0.3) is 0 Å². The summed E-state index contributed by atoms with van der Waals surface area (Å²) in [6.07, 6.45) is 0. The Balaban J connectivity index is -0.0000135. The number of hydrogen-bond donors (Lipinski definition) is 0. The molecule has 320 valence electrons. The van der Waals surface area contributed by atoms with Gasteiger partial charge in [0.1, 0.15) is 0 Å². The molecule has 0 aliphatic rings. The van der Waals surface area contributed by atoms with Crippen molar-refractivity contribution in [1.82, 2.24) is 0 Å². The maximum atomic E-state index is 12.7. The minimum atomic E-state index is -8.82. The van der Waals surface area contributed by atoms with Crippen LogP contribution in [0, 0.1) is 0 Å². The summed E-state index contributed by atoms with van der Waals surface area (Å²) in [5, 5.41) is 0. The largest absolute Gasteiger partial charge is 1.00 e. The van der Waals surface area contributed by atoms with Crippen molar-refractivity contribution in [3.8, 4) is 0 Å². The zero-order valence-electron chi connectivity index (χ0n) is 23.7. The molecule has 0 atom stereocenters. The first-order valence-electron chi connectivity index (χ1n) is 8.73. The summed E-state index contributed by atoms with van der Waals surface area (Å²) >= 11 is -98.5. The van der Waals surface area contributed by atoms with Crippen molar-refractivity contribution >= 4 is 7.82 Å². The molecule has 0 N–H and O–H groups in total. The SMILES string of the molecule is O=P([O][Mo](=[O])(=[O])[O][Mo](=[O])(=[O])[O][Mo](=[O])(=[O])[O][Mo](=[O])(=[O])[O-])([O][Mo](=[O])(=[O])[O][Mo](=[O])(=[O])[O][Mo](=[O])(=[O])[O][Mo](=[O])(=[O])[O-])[O][Mo](=[O])(=[O])[O][Mo](=[O])(=[O])[O][Mo](=[O])(=[O])[O][Mo](=[O])(=[O])[O-].[H+].[K+]. The van der Waals surface area contributed by atoms with Gasteiger partial charge in [-0.1, -0.05) is 0 Å². The molecule has 0 saturated carbocycles. The molecule has 54 heteroatoms. The van der Waals surface area contributed by atoms with E-state index in [0.717, 1.165) is 0 Å². The zero-order chi connectivity index (χ0) is 43.0. The molecule has 0 aromatic carbocycles. The predicted molar refractivity (Wildman–Crippen MR) is 38.2 cm³/mol. The van der Waals surface area contributed by atoms with Gasteiger partial charge in [0.15, 0.2) is 0 Å². The van der Waals surface area contributed by atoms with Gasteiger partial charge in [0.2, 0.25) is 0 Å². The summed E-state index contributed by atoms with van der Waals surface area (Å²) in [6, 6.07) is 0. The van der Waals surface area contributed by atoms with E-state index in [2.05, 4.69) is 27.9 Å². The van der Waals surface area contributed by atoms with Gasteiger partial charge in [0.05, 0.1) is 0 Å². The van der Waals surface area contributed by atoms with E-state index in [9.17, 15) is 97.4 Å². The first-order chi connectivity index (χ1) is 22.5. The topological polar surface area (TPSA) is 607 Å². The van der Waals surface area contributed by atoms with E-state index in [1.165, 1.54) is 0 Å².